The molecule has 0 radical (unpaired) electrons. The van der Waals surface area contributed by atoms with Gasteiger partial charge in [0.15, 0.2) is 5.96 Å². The van der Waals surface area contributed by atoms with E-state index in [1.54, 1.807) is 6.20 Å². The summed E-state index contributed by atoms with van der Waals surface area (Å²) in [6, 6.07) is 9.79. The summed E-state index contributed by atoms with van der Waals surface area (Å²) in [5, 5.41) is 15.3. The highest BCUT2D eigenvalue weighted by atomic mass is 127. The Labute approximate surface area is 190 Å². The Hall–Kier alpha value is -1.32. The van der Waals surface area contributed by atoms with Gasteiger partial charge in [0.2, 0.25) is 0 Å². The first kappa shape index (κ1) is 24.7. The van der Waals surface area contributed by atoms with Crippen LogP contribution in [0.3, 0.4) is 0 Å². The third kappa shape index (κ3) is 8.79. The predicted octanol–water partition coefficient (Wildman–Crippen LogP) is 3.69. The van der Waals surface area contributed by atoms with Crippen molar-refractivity contribution in [2.75, 3.05) is 26.2 Å². The van der Waals surface area contributed by atoms with Crippen molar-refractivity contribution in [2.45, 2.75) is 39.3 Å². The molecule has 0 fully saturated rings. The molecule has 2 rings (SSSR count). The number of halogens is 2. The van der Waals surface area contributed by atoms with E-state index in [-0.39, 0.29) is 35.6 Å². The van der Waals surface area contributed by atoms with E-state index >= 15 is 0 Å². The highest BCUT2D eigenvalue weighted by Gasteiger charge is 2.14. The average molecular weight is 519 g/mol. The largest absolute Gasteiger partial charge is 0.357 e. The van der Waals surface area contributed by atoms with Gasteiger partial charge in [-0.3, -0.25) is 9.67 Å². The molecule has 1 unspecified atom stereocenters. The normalized spacial score (nSPS) is 13.0. The lowest BCUT2D eigenvalue weighted by molar-refractivity contribution is 0.428. The average Bonchev–Trinajstić information content (AvgIpc) is 3.13. The van der Waals surface area contributed by atoms with E-state index in [0.29, 0.717) is 6.54 Å². The van der Waals surface area contributed by atoms with Crippen LogP contribution in [0.2, 0.25) is 5.02 Å². The van der Waals surface area contributed by atoms with Gasteiger partial charge in [0.1, 0.15) is 0 Å². The Morgan fingerprint density at radius 3 is 2.46 bits per heavy atom. The molecule has 0 bridgehead atoms. The van der Waals surface area contributed by atoms with E-state index in [1.807, 2.05) is 41.2 Å². The van der Waals surface area contributed by atoms with Crippen LogP contribution in [0.25, 0.3) is 0 Å². The number of aromatic nitrogens is 2. The fraction of sp³-hybridized carbons (Fsp3) is 0.500. The maximum atomic E-state index is 6.04. The van der Waals surface area contributed by atoms with Gasteiger partial charge in [-0.1, -0.05) is 23.7 Å². The predicted molar refractivity (Wildman–Crippen MR) is 129 cm³/mol. The number of hydrogen-bond acceptors (Lipinski definition) is 3. The van der Waals surface area contributed by atoms with Crippen molar-refractivity contribution in [3.05, 3.63) is 53.3 Å². The second-order valence-corrected chi connectivity index (χ2v) is 7.81. The second-order valence-electron chi connectivity index (χ2n) is 7.38. The lowest BCUT2D eigenvalue weighted by Gasteiger charge is -2.21. The zero-order valence-electron chi connectivity index (χ0n) is 17.1. The lowest BCUT2D eigenvalue weighted by Crippen LogP contribution is -2.44. The third-order valence-electron chi connectivity index (χ3n) is 3.94. The van der Waals surface area contributed by atoms with E-state index in [0.717, 1.165) is 36.2 Å². The molecule has 0 aliphatic heterocycles. The molecule has 1 atom stereocenters. The molecular weight excluding hydrogens is 487 g/mol. The van der Waals surface area contributed by atoms with Gasteiger partial charge < -0.3 is 16.0 Å². The van der Waals surface area contributed by atoms with Crippen LogP contribution in [-0.2, 0) is 0 Å². The van der Waals surface area contributed by atoms with Gasteiger partial charge in [-0.25, -0.2) is 0 Å². The van der Waals surface area contributed by atoms with Crippen LogP contribution in [0.4, 0.5) is 0 Å². The fourth-order valence-electron chi connectivity index (χ4n) is 2.63. The van der Waals surface area contributed by atoms with Crippen LogP contribution < -0.4 is 16.0 Å². The van der Waals surface area contributed by atoms with E-state index in [9.17, 15) is 0 Å². The molecule has 1 heterocycles. The minimum atomic E-state index is 0. The summed E-state index contributed by atoms with van der Waals surface area (Å²) in [6.45, 7) is 11.6. The fourth-order valence-corrected chi connectivity index (χ4v) is 2.76. The summed E-state index contributed by atoms with van der Waals surface area (Å²) in [5.41, 5.74) is 1.23. The zero-order chi connectivity index (χ0) is 19.7. The number of nitrogens with one attached hydrogen (secondary N) is 3. The lowest BCUT2D eigenvalue weighted by atomic mass is 10.1. The Morgan fingerprint density at radius 2 is 1.89 bits per heavy atom. The summed E-state index contributed by atoms with van der Waals surface area (Å²) in [7, 11) is 0. The molecule has 156 valence electrons. The van der Waals surface area contributed by atoms with Crippen LogP contribution >= 0.6 is 35.6 Å². The first-order valence-electron chi connectivity index (χ1n) is 9.41. The first-order valence-corrected chi connectivity index (χ1v) is 9.78. The van der Waals surface area contributed by atoms with Crippen molar-refractivity contribution in [3.8, 4) is 0 Å². The second kappa shape index (κ2) is 12.3. The Kier molecular flexibility index (Phi) is 10.8. The van der Waals surface area contributed by atoms with Gasteiger partial charge in [-0.15, -0.1) is 24.0 Å². The highest BCUT2D eigenvalue weighted by Crippen LogP contribution is 2.20. The summed E-state index contributed by atoms with van der Waals surface area (Å²) in [6.07, 6.45) is 3.75. The van der Waals surface area contributed by atoms with Gasteiger partial charge in [0.25, 0.3) is 0 Å². The van der Waals surface area contributed by atoms with Gasteiger partial charge in [-0.2, -0.15) is 5.10 Å². The smallest absolute Gasteiger partial charge is 0.191 e. The van der Waals surface area contributed by atoms with Crippen LogP contribution in [0, 0.1) is 0 Å². The van der Waals surface area contributed by atoms with Crippen molar-refractivity contribution in [2.24, 2.45) is 4.99 Å². The Bertz CT molecular complexity index is 694. The molecule has 0 aliphatic rings. The van der Waals surface area contributed by atoms with Crippen molar-refractivity contribution in [1.29, 1.82) is 0 Å². The quantitative estimate of drug-likeness (QED) is 0.216. The molecule has 0 spiro atoms. The summed E-state index contributed by atoms with van der Waals surface area (Å²) in [4.78, 5) is 4.78. The summed E-state index contributed by atoms with van der Waals surface area (Å²) in [5.74, 6) is 0.805. The van der Waals surface area contributed by atoms with Crippen molar-refractivity contribution in [3.63, 3.8) is 0 Å². The highest BCUT2D eigenvalue weighted by molar-refractivity contribution is 14.0. The van der Waals surface area contributed by atoms with Gasteiger partial charge in [0.05, 0.1) is 12.6 Å². The molecule has 0 saturated carbocycles. The van der Waals surface area contributed by atoms with Crippen LogP contribution in [-0.4, -0.2) is 47.5 Å². The van der Waals surface area contributed by atoms with E-state index < -0.39 is 0 Å². The minimum Gasteiger partial charge on any atom is -0.357 e. The zero-order valence-corrected chi connectivity index (χ0v) is 20.2. The number of hydrogen-bond donors (Lipinski definition) is 3. The number of rotatable bonds is 8. The molecule has 0 saturated heterocycles. The molecule has 1 aromatic heterocycles. The van der Waals surface area contributed by atoms with Crippen LogP contribution in [0.1, 0.15) is 39.3 Å². The first-order chi connectivity index (χ1) is 12.9. The van der Waals surface area contributed by atoms with E-state index in [2.05, 4.69) is 48.7 Å². The molecule has 1 aromatic carbocycles. The molecule has 28 heavy (non-hydrogen) atoms. The van der Waals surface area contributed by atoms with Crippen molar-refractivity contribution in [1.82, 2.24) is 25.7 Å². The van der Waals surface area contributed by atoms with Gasteiger partial charge >= 0.3 is 0 Å². The molecule has 2 aromatic rings. The monoisotopic (exact) mass is 518 g/mol. The topological polar surface area (TPSA) is 66.3 Å². The third-order valence-corrected chi connectivity index (χ3v) is 4.19. The SMILES string of the molecule is CCNC(=NCC(c1ccc(Cl)cc1)n1cccn1)NCCNC(C)(C)C.I. The maximum absolute atomic E-state index is 6.04. The van der Waals surface area contributed by atoms with Crippen LogP contribution in [0.5, 0.6) is 0 Å². The van der Waals surface area contributed by atoms with Crippen molar-refractivity contribution >= 4 is 41.5 Å². The number of nitrogens with zero attached hydrogens (tertiary/aromatic N) is 3. The van der Waals surface area contributed by atoms with Gasteiger partial charge in [0, 0.05) is 42.6 Å². The van der Waals surface area contributed by atoms with E-state index in [4.69, 9.17) is 16.6 Å². The van der Waals surface area contributed by atoms with Crippen molar-refractivity contribution < 1.29 is 0 Å². The van der Waals surface area contributed by atoms with Crippen LogP contribution in [0.15, 0.2) is 47.7 Å². The summed E-state index contributed by atoms with van der Waals surface area (Å²) >= 11 is 6.04. The number of benzene rings is 1. The molecule has 6 nitrogen and oxygen atoms in total. The molecule has 0 amide bonds. The molecule has 8 heteroatoms. The van der Waals surface area contributed by atoms with E-state index in [1.165, 1.54) is 0 Å². The standard InChI is InChI=1S/C20H31ClN6.HI/c1-5-22-19(23-12-13-25-20(2,3)4)24-15-18(27-14-6-11-26-27)16-7-9-17(21)10-8-16;/h6-11,14,18,25H,5,12-13,15H2,1-4H3,(H2,22,23,24);1H. The summed E-state index contributed by atoms with van der Waals surface area (Å²) < 4.78 is 1.93. The Morgan fingerprint density at radius 1 is 1.18 bits per heavy atom. The maximum Gasteiger partial charge on any atom is 0.191 e. The molecule has 3 N–H and O–H groups in total. The number of aliphatic imine (C=N–C) groups is 1. The Balaban J connectivity index is 0.00000392. The molecular formula is C20H32ClIN6. The van der Waals surface area contributed by atoms with Gasteiger partial charge in [-0.05, 0) is 51.5 Å². The number of guanidine groups is 1. The minimum absolute atomic E-state index is 0. The molecule has 0 aliphatic carbocycles.